The van der Waals surface area contributed by atoms with E-state index in [1.54, 1.807) is 48.2 Å². The molecule has 1 aromatic heterocycles. The fourth-order valence-corrected chi connectivity index (χ4v) is 5.01. The van der Waals surface area contributed by atoms with Crippen LogP contribution >= 0.6 is 23.2 Å². The topological polar surface area (TPSA) is 55.5 Å². The van der Waals surface area contributed by atoms with Crippen LogP contribution in [0, 0.1) is 6.92 Å². The maximum atomic E-state index is 15.5. The van der Waals surface area contributed by atoms with Crippen LogP contribution in [0.4, 0.5) is 20.2 Å². The number of piperazine rings is 1. The maximum absolute atomic E-state index is 15.5. The fourth-order valence-electron chi connectivity index (χ4n) is 4.59. The van der Waals surface area contributed by atoms with Gasteiger partial charge in [0, 0.05) is 44.0 Å². The number of imidazole rings is 1. The summed E-state index contributed by atoms with van der Waals surface area (Å²) in [7, 11) is 0. The first-order chi connectivity index (χ1) is 17.7. The van der Waals surface area contributed by atoms with E-state index in [1.807, 2.05) is 19.1 Å². The largest absolute Gasteiger partial charge is 0.368 e. The molecular formula is C27H31Cl2F2N5O. The molecule has 198 valence electrons. The summed E-state index contributed by atoms with van der Waals surface area (Å²) in [5, 5.41) is 0.934. The predicted molar refractivity (Wildman–Crippen MR) is 146 cm³/mol. The van der Waals surface area contributed by atoms with Gasteiger partial charge < -0.3 is 14.8 Å². The van der Waals surface area contributed by atoms with Crippen molar-refractivity contribution in [2.75, 3.05) is 49.1 Å². The van der Waals surface area contributed by atoms with Crippen LogP contribution < -0.4 is 9.80 Å². The number of benzene rings is 2. The molecule has 0 aliphatic carbocycles. The molecule has 0 spiro atoms. The summed E-state index contributed by atoms with van der Waals surface area (Å²) in [5.41, 5.74) is 1.97. The second-order valence-corrected chi connectivity index (χ2v) is 10.1. The Morgan fingerprint density at radius 2 is 1.78 bits per heavy atom. The number of aromatic nitrogens is 2. The van der Waals surface area contributed by atoms with Crippen molar-refractivity contribution in [3.8, 4) is 0 Å². The lowest BCUT2D eigenvalue weighted by Gasteiger charge is -2.38. The molecule has 0 radical (unpaired) electrons. The van der Waals surface area contributed by atoms with Gasteiger partial charge in [0.15, 0.2) is 0 Å². The normalized spacial score (nSPS) is 14.7. The average Bonchev–Trinajstić information content (AvgIpc) is 3.25. The van der Waals surface area contributed by atoms with Crippen molar-refractivity contribution >= 4 is 40.5 Å². The van der Waals surface area contributed by atoms with Gasteiger partial charge in [-0.25, -0.2) is 13.8 Å². The van der Waals surface area contributed by atoms with Gasteiger partial charge in [0.1, 0.15) is 11.5 Å². The summed E-state index contributed by atoms with van der Waals surface area (Å²) in [4.78, 5) is 25.9. The van der Waals surface area contributed by atoms with Crippen LogP contribution in [0.15, 0.2) is 48.5 Å². The molecule has 1 aliphatic heterocycles. The second-order valence-electron chi connectivity index (χ2n) is 9.33. The smallest absolute Gasteiger partial charge is 0.278 e. The third-order valence-electron chi connectivity index (χ3n) is 6.42. The summed E-state index contributed by atoms with van der Waals surface area (Å²) in [6.07, 6.45) is 1.54. The minimum Gasteiger partial charge on any atom is -0.368 e. The molecule has 0 bridgehead atoms. The van der Waals surface area contributed by atoms with Crippen molar-refractivity contribution in [3.63, 3.8) is 0 Å². The summed E-state index contributed by atoms with van der Waals surface area (Å²) >= 11 is 12.5. The lowest BCUT2D eigenvalue weighted by molar-refractivity contribution is -0.0255. The summed E-state index contributed by atoms with van der Waals surface area (Å²) < 4.78 is 30.9. The molecule has 2 heterocycles. The fraction of sp³-hybridized carbons (Fsp3) is 0.407. The SMILES string of the molecule is CCCc1nc(C(=O)N(CC(F)(F)CN2CCN(c3cccc(Cl)c3Cl)CC2)c2ccccc2)c(C)[nH]1. The molecule has 2 aromatic carbocycles. The van der Waals surface area contributed by atoms with Crippen molar-refractivity contribution in [3.05, 3.63) is 75.8 Å². The first-order valence-electron chi connectivity index (χ1n) is 12.4. The molecule has 0 atom stereocenters. The van der Waals surface area contributed by atoms with Crippen LogP contribution in [0.25, 0.3) is 0 Å². The quantitative estimate of drug-likeness (QED) is 0.351. The third-order valence-corrected chi connectivity index (χ3v) is 7.23. The zero-order valence-corrected chi connectivity index (χ0v) is 22.5. The van der Waals surface area contributed by atoms with E-state index in [9.17, 15) is 4.79 Å². The summed E-state index contributed by atoms with van der Waals surface area (Å²) in [5.74, 6) is -3.00. The molecule has 0 unspecified atom stereocenters. The Kier molecular flexibility index (Phi) is 8.72. The maximum Gasteiger partial charge on any atom is 0.278 e. The van der Waals surface area contributed by atoms with Crippen LogP contribution in [-0.4, -0.2) is 66.0 Å². The third kappa shape index (κ3) is 6.61. The first kappa shape index (κ1) is 27.4. The van der Waals surface area contributed by atoms with E-state index >= 15 is 8.78 Å². The summed E-state index contributed by atoms with van der Waals surface area (Å²) in [6, 6.07) is 14.0. The number of nitrogens with one attached hydrogen (secondary N) is 1. The van der Waals surface area contributed by atoms with Crippen LogP contribution in [0.5, 0.6) is 0 Å². The van der Waals surface area contributed by atoms with E-state index in [1.165, 1.54) is 0 Å². The van der Waals surface area contributed by atoms with Crippen molar-refractivity contribution in [1.29, 1.82) is 0 Å². The number of anilines is 2. The molecular weight excluding hydrogens is 519 g/mol. The molecule has 1 aliphatic rings. The highest BCUT2D eigenvalue weighted by atomic mass is 35.5. The van der Waals surface area contributed by atoms with Gasteiger partial charge in [0.05, 0.1) is 28.8 Å². The number of nitrogens with zero attached hydrogens (tertiary/aromatic N) is 4. The number of hydrogen-bond donors (Lipinski definition) is 1. The number of halogens is 4. The van der Waals surface area contributed by atoms with Gasteiger partial charge in [-0.3, -0.25) is 9.69 Å². The van der Waals surface area contributed by atoms with E-state index < -0.39 is 24.9 Å². The highest BCUT2D eigenvalue weighted by Gasteiger charge is 2.38. The minimum atomic E-state index is -3.14. The van der Waals surface area contributed by atoms with Crippen molar-refractivity contribution in [2.45, 2.75) is 32.6 Å². The number of alkyl halides is 2. The Balaban J connectivity index is 1.46. The molecule has 10 heteroatoms. The second kappa shape index (κ2) is 11.8. The summed E-state index contributed by atoms with van der Waals surface area (Å²) in [6.45, 7) is 4.53. The van der Waals surface area contributed by atoms with Gasteiger partial charge in [-0.1, -0.05) is 54.4 Å². The Hall–Kier alpha value is -2.68. The number of hydrogen-bond acceptors (Lipinski definition) is 4. The number of aryl methyl sites for hydroxylation is 2. The van der Waals surface area contributed by atoms with Crippen LogP contribution in [-0.2, 0) is 6.42 Å². The Morgan fingerprint density at radius 1 is 1.08 bits per heavy atom. The van der Waals surface area contributed by atoms with Gasteiger partial charge in [-0.05, 0) is 37.6 Å². The molecule has 1 N–H and O–H groups in total. The molecule has 1 saturated heterocycles. The number of para-hydroxylation sites is 1. The van der Waals surface area contributed by atoms with Gasteiger partial charge in [0.2, 0.25) is 0 Å². The molecule has 6 nitrogen and oxygen atoms in total. The van der Waals surface area contributed by atoms with Gasteiger partial charge in [-0.15, -0.1) is 0 Å². The highest BCUT2D eigenvalue weighted by molar-refractivity contribution is 6.43. The Bertz CT molecular complexity index is 1210. The molecule has 4 rings (SSSR count). The van der Waals surface area contributed by atoms with Crippen molar-refractivity contribution in [2.24, 2.45) is 0 Å². The standard InChI is InChI=1S/C27H31Cl2F2N5O/c1-3-8-23-32-19(2)25(33-23)26(37)36(20-9-5-4-6-10-20)18-27(30,31)17-34-13-15-35(16-14-34)22-12-7-11-21(28)24(22)29/h4-7,9-12H,3,8,13-18H2,1-2H3,(H,32,33). The Morgan fingerprint density at radius 3 is 2.46 bits per heavy atom. The lowest BCUT2D eigenvalue weighted by atomic mass is 10.2. The van der Waals surface area contributed by atoms with Gasteiger partial charge in [0.25, 0.3) is 11.8 Å². The Labute approximate surface area is 226 Å². The number of carbonyl (C=O) groups excluding carboxylic acids is 1. The number of aromatic amines is 1. The van der Waals surface area contributed by atoms with Crippen LogP contribution in [0.1, 0.15) is 35.4 Å². The first-order valence-corrected chi connectivity index (χ1v) is 13.2. The zero-order chi connectivity index (χ0) is 26.6. The van der Waals surface area contributed by atoms with E-state index in [-0.39, 0.29) is 5.69 Å². The monoisotopic (exact) mass is 549 g/mol. The van der Waals surface area contributed by atoms with E-state index in [2.05, 4.69) is 14.9 Å². The predicted octanol–water partition coefficient (Wildman–Crippen LogP) is 6.08. The van der Waals surface area contributed by atoms with Crippen molar-refractivity contribution < 1.29 is 13.6 Å². The zero-order valence-electron chi connectivity index (χ0n) is 21.0. The molecule has 1 fully saturated rings. The number of H-pyrrole nitrogens is 1. The van der Waals surface area contributed by atoms with E-state index in [0.717, 1.165) is 17.0 Å². The van der Waals surface area contributed by atoms with Crippen molar-refractivity contribution in [1.82, 2.24) is 14.9 Å². The highest BCUT2D eigenvalue weighted by Crippen LogP contribution is 2.33. The van der Waals surface area contributed by atoms with Gasteiger partial charge >= 0.3 is 0 Å². The van der Waals surface area contributed by atoms with Crippen LogP contribution in [0.2, 0.25) is 10.0 Å². The number of carbonyl (C=O) groups is 1. The minimum absolute atomic E-state index is 0.176. The van der Waals surface area contributed by atoms with E-state index in [0.29, 0.717) is 59.9 Å². The number of amides is 1. The molecule has 37 heavy (non-hydrogen) atoms. The molecule has 0 saturated carbocycles. The van der Waals surface area contributed by atoms with Gasteiger partial charge in [-0.2, -0.15) is 0 Å². The average molecular weight is 550 g/mol. The number of rotatable bonds is 9. The molecule has 1 amide bonds. The van der Waals surface area contributed by atoms with E-state index in [4.69, 9.17) is 23.2 Å². The molecule has 3 aromatic rings. The lowest BCUT2D eigenvalue weighted by Crippen LogP contribution is -2.53. The van der Waals surface area contributed by atoms with Crippen LogP contribution in [0.3, 0.4) is 0 Å².